The Labute approximate surface area is 137 Å². The van der Waals surface area contributed by atoms with E-state index in [2.05, 4.69) is 0 Å². The molecule has 0 aliphatic carbocycles. The van der Waals surface area contributed by atoms with Crippen LogP contribution in [0.4, 0.5) is 18.9 Å². The maximum absolute atomic E-state index is 12.8. The van der Waals surface area contributed by atoms with Gasteiger partial charge in [0.2, 0.25) is 0 Å². The van der Waals surface area contributed by atoms with Crippen molar-refractivity contribution in [1.29, 1.82) is 10.5 Å². The van der Waals surface area contributed by atoms with Crippen molar-refractivity contribution in [2.24, 2.45) is 0 Å². The number of carbonyl (C=O) groups is 1. The Kier molecular flexibility index (Phi) is 5.81. The fraction of sp³-hybridized carbons (Fsp3) is 0.438. The van der Waals surface area contributed by atoms with Gasteiger partial charge in [0.25, 0.3) is 0 Å². The number of hydrogen-bond acceptors (Lipinski definition) is 5. The molecule has 0 saturated heterocycles. The minimum Gasteiger partial charge on any atom is -0.459 e. The van der Waals surface area contributed by atoms with Gasteiger partial charge < -0.3 is 9.64 Å². The van der Waals surface area contributed by atoms with E-state index in [1.807, 2.05) is 0 Å². The quantitative estimate of drug-likeness (QED) is 0.788. The highest BCUT2D eigenvalue weighted by molar-refractivity contribution is 5.76. The highest BCUT2D eigenvalue weighted by atomic mass is 19.4. The number of alkyl halides is 3. The third-order valence-corrected chi connectivity index (χ3v) is 2.72. The monoisotopic (exact) mass is 339 g/mol. The number of esters is 1. The molecule has 5 nitrogen and oxygen atoms in total. The van der Waals surface area contributed by atoms with Crippen molar-refractivity contribution in [1.82, 2.24) is 0 Å². The summed E-state index contributed by atoms with van der Waals surface area (Å²) in [6.45, 7) is 2.80. The normalized spacial score (nSPS) is 11.3. The van der Waals surface area contributed by atoms with E-state index in [-0.39, 0.29) is 16.8 Å². The number of anilines is 1. The molecule has 0 spiro atoms. The first-order valence-electron chi connectivity index (χ1n) is 6.93. The molecule has 24 heavy (non-hydrogen) atoms. The van der Waals surface area contributed by atoms with Crippen molar-refractivity contribution in [2.45, 2.75) is 32.5 Å². The predicted octanol–water partition coefficient (Wildman–Crippen LogP) is 3.14. The molecule has 0 bridgehead atoms. The molecule has 1 rings (SSSR count). The Hall–Kier alpha value is -2.74. The van der Waals surface area contributed by atoms with Gasteiger partial charge in [-0.05, 0) is 39.0 Å². The molecule has 0 N–H and O–H groups in total. The van der Waals surface area contributed by atoms with Gasteiger partial charge >= 0.3 is 12.1 Å². The van der Waals surface area contributed by atoms with Crippen molar-refractivity contribution in [3.8, 4) is 12.1 Å². The molecule has 8 heteroatoms. The van der Waals surface area contributed by atoms with Gasteiger partial charge in [0.1, 0.15) is 30.8 Å². The zero-order valence-corrected chi connectivity index (χ0v) is 13.4. The predicted molar refractivity (Wildman–Crippen MR) is 80.0 cm³/mol. The molecule has 0 radical (unpaired) electrons. The molecular weight excluding hydrogens is 323 g/mol. The third kappa shape index (κ3) is 6.17. The lowest BCUT2D eigenvalue weighted by Crippen LogP contribution is -2.40. The number of hydrogen-bond donors (Lipinski definition) is 0. The second kappa shape index (κ2) is 7.22. The molecule has 128 valence electrons. The van der Waals surface area contributed by atoms with Crippen molar-refractivity contribution in [3.05, 3.63) is 29.3 Å². The summed E-state index contributed by atoms with van der Waals surface area (Å²) >= 11 is 0. The number of nitriles is 2. The van der Waals surface area contributed by atoms with E-state index in [1.165, 1.54) is 12.1 Å². The summed E-state index contributed by atoms with van der Waals surface area (Å²) < 4.78 is 43.4. The van der Waals surface area contributed by atoms with Crippen LogP contribution in [-0.2, 0) is 9.53 Å². The van der Waals surface area contributed by atoms with E-state index in [1.54, 1.807) is 32.9 Å². The Morgan fingerprint density at radius 3 is 2.21 bits per heavy atom. The molecule has 0 saturated carbocycles. The summed E-state index contributed by atoms with van der Waals surface area (Å²) in [7, 11) is 0. The highest BCUT2D eigenvalue weighted by Gasteiger charge is 2.33. The number of carbonyl (C=O) groups excluding carboxylic acids is 1. The molecule has 0 fully saturated rings. The van der Waals surface area contributed by atoms with Gasteiger partial charge in [0, 0.05) is 5.69 Å². The first-order chi connectivity index (χ1) is 10.9. The number of benzene rings is 1. The van der Waals surface area contributed by atoms with E-state index >= 15 is 0 Å². The van der Waals surface area contributed by atoms with Crippen LogP contribution in [0.1, 0.15) is 31.9 Å². The van der Waals surface area contributed by atoms with Crippen LogP contribution in [0, 0.1) is 22.7 Å². The van der Waals surface area contributed by atoms with E-state index in [4.69, 9.17) is 15.3 Å². The Balaban J connectivity index is 3.13. The summed E-state index contributed by atoms with van der Waals surface area (Å²) in [6.07, 6.45) is -4.55. The largest absolute Gasteiger partial charge is 0.459 e. The Morgan fingerprint density at radius 1 is 1.17 bits per heavy atom. The van der Waals surface area contributed by atoms with E-state index < -0.39 is 30.8 Å². The molecule has 0 unspecified atom stereocenters. The van der Waals surface area contributed by atoms with Crippen LogP contribution in [0.25, 0.3) is 0 Å². The molecule has 1 aromatic rings. The van der Waals surface area contributed by atoms with Crippen LogP contribution in [0.5, 0.6) is 0 Å². The smallest absolute Gasteiger partial charge is 0.405 e. The van der Waals surface area contributed by atoms with E-state index in [0.717, 1.165) is 11.0 Å². The zero-order valence-electron chi connectivity index (χ0n) is 13.4. The lowest BCUT2D eigenvalue weighted by Gasteiger charge is -2.27. The van der Waals surface area contributed by atoms with Gasteiger partial charge in [-0.15, -0.1) is 0 Å². The Bertz CT molecular complexity index is 694. The van der Waals surface area contributed by atoms with Crippen LogP contribution in [-0.4, -0.2) is 30.8 Å². The average molecular weight is 339 g/mol. The van der Waals surface area contributed by atoms with Gasteiger partial charge in [-0.3, -0.25) is 4.79 Å². The van der Waals surface area contributed by atoms with Gasteiger partial charge in [-0.25, -0.2) is 0 Å². The fourth-order valence-electron chi connectivity index (χ4n) is 1.90. The number of halogens is 3. The second-order valence-electron chi connectivity index (χ2n) is 6.01. The maximum Gasteiger partial charge on any atom is 0.405 e. The van der Waals surface area contributed by atoms with E-state index in [9.17, 15) is 18.0 Å². The number of nitrogens with zero attached hydrogens (tertiary/aromatic N) is 3. The third-order valence-electron chi connectivity index (χ3n) is 2.72. The van der Waals surface area contributed by atoms with Crippen LogP contribution in [0.15, 0.2) is 18.2 Å². The SMILES string of the molecule is CC(C)(C)OC(=O)CN(CC(F)(F)F)c1ccc(C#N)c(C#N)c1. The first-order valence-corrected chi connectivity index (χ1v) is 6.93. The maximum atomic E-state index is 12.8. The van der Waals surface area contributed by atoms with Crippen LogP contribution < -0.4 is 4.90 Å². The van der Waals surface area contributed by atoms with Gasteiger partial charge in [-0.1, -0.05) is 0 Å². The Morgan fingerprint density at radius 2 is 1.75 bits per heavy atom. The molecular formula is C16H16F3N3O2. The van der Waals surface area contributed by atoms with Crippen LogP contribution in [0.3, 0.4) is 0 Å². The standard InChI is InChI=1S/C16H16F3N3O2/c1-15(2,3)24-14(23)9-22(10-16(17,18)19)13-5-4-11(7-20)12(6-13)8-21/h4-6H,9-10H2,1-3H3. The molecule has 1 aromatic carbocycles. The zero-order chi connectivity index (χ0) is 18.5. The summed E-state index contributed by atoms with van der Waals surface area (Å²) in [4.78, 5) is 12.6. The topological polar surface area (TPSA) is 77.1 Å². The average Bonchev–Trinajstić information content (AvgIpc) is 2.42. The highest BCUT2D eigenvalue weighted by Crippen LogP contribution is 2.24. The molecule has 0 aliphatic rings. The number of ether oxygens (including phenoxy) is 1. The van der Waals surface area contributed by atoms with Crippen molar-refractivity contribution in [3.63, 3.8) is 0 Å². The second-order valence-corrected chi connectivity index (χ2v) is 6.01. The van der Waals surface area contributed by atoms with E-state index in [0.29, 0.717) is 0 Å². The van der Waals surface area contributed by atoms with Crippen LogP contribution >= 0.6 is 0 Å². The summed E-state index contributed by atoms with van der Waals surface area (Å²) in [5.41, 5.74) is -0.839. The van der Waals surface area contributed by atoms with Crippen molar-refractivity contribution < 1.29 is 22.7 Å². The van der Waals surface area contributed by atoms with Gasteiger partial charge in [0.15, 0.2) is 0 Å². The minimum atomic E-state index is -4.55. The van der Waals surface area contributed by atoms with Crippen molar-refractivity contribution in [2.75, 3.05) is 18.0 Å². The lowest BCUT2D eigenvalue weighted by atomic mass is 10.1. The molecule has 0 aromatic heterocycles. The lowest BCUT2D eigenvalue weighted by molar-refractivity contribution is -0.153. The summed E-state index contributed by atoms with van der Waals surface area (Å²) in [5.74, 6) is -0.824. The van der Waals surface area contributed by atoms with Gasteiger partial charge in [0.05, 0.1) is 11.1 Å². The number of rotatable bonds is 4. The summed E-state index contributed by atoms with van der Waals surface area (Å²) in [5, 5.41) is 17.9. The van der Waals surface area contributed by atoms with Crippen LogP contribution in [0.2, 0.25) is 0 Å². The summed E-state index contributed by atoms with van der Waals surface area (Å²) in [6, 6.07) is 7.18. The molecule has 0 heterocycles. The molecule has 0 aliphatic heterocycles. The van der Waals surface area contributed by atoms with Crippen molar-refractivity contribution >= 4 is 11.7 Å². The molecule has 0 atom stereocenters. The first kappa shape index (κ1) is 19.3. The fourth-order valence-corrected chi connectivity index (χ4v) is 1.90. The van der Waals surface area contributed by atoms with Gasteiger partial charge in [-0.2, -0.15) is 23.7 Å². The molecule has 0 amide bonds. The minimum absolute atomic E-state index is 0.00809.